The number of pyridine rings is 1. The normalized spacial score (nSPS) is 18.5. The van der Waals surface area contributed by atoms with Gasteiger partial charge < -0.3 is 10.1 Å². The van der Waals surface area contributed by atoms with Crippen LogP contribution in [0.5, 0.6) is 0 Å². The Labute approximate surface area is 189 Å². The van der Waals surface area contributed by atoms with E-state index in [0.29, 0.717) is 38.6 Å². The van der Waals surface area contributed by atoms with Crippen molar-refractivity contribution in [3.8, 4) is 11.4 Å². The number of benzene rings is 1. The van der Waals surface area contributed by atoms with Crippen LogP contribution in [-0.2, 0) is 21.5 Å². The van der Waals surface area contributed by atoms with Gasteiger partial charge in [-0.2, -0.15) is 5.10 Å². The van der Waals surface area contributed by atoms with Gasteiger partial charge in [-0.05, 0) is 49.4 Å². The van der Waals surface area contributed by atoms with Crippen molar-refractivity contribution in [2.75, 3.05) is 13.2 Å². The Morgan fingerprint density at radius 3 is 2.53 bits per heavy atom. The Hall–Kier alpha value is -2.99. The fourth-order valence-corrected chi connectivity index (χ4v) is 5.13. The van der Waals surface area contributed by atoms with Gasteiger partial charge in [0.1, 0.15) is 0 Å². The second-order valence-electron chi connectivity index (χ2n) is 8.86. The minimum absolute atomic E-state index is 0.0572. The summed E-state index contributed by atoms with van der Waals surface area (Å²) in [5, 5.41) is 8.12. The largest absolute Gasteiger partial charge is 0.381 e. The van der Waals surface area contributed by atoms with Gasteiger partial charge in [0.2, 0.25) is 5.91 Å². The molecule has 1 N–H and O–H groups in total. The van der Waals surface area contributed by atoms with Crippen LogP contribution < -0.4 is 5.32 Å². The highest BCUT2D eigenvalue weighted by atomic mass is 16.5. The minimum atomic E-state index is -0.544. The number of carbonyl (C=O) groups excluding carboxylic acids is 1. The Morgan fingerprint density at radius 1 is 1.06 bits per heavy atom. The number of carbonyl (C=O) groups is 1. The van der Waals surface area contributed by atoms with Gasteiger partial charge in [-0.3, -0.25) is 14.5 Å². The first-order chi connectivity index (χ1) is 15.8. The van der Waals surface area contributed by atoms with Crippen molar-refractivity contribution in [2.45, 2.75) is 56.5 Å². The zero-order valence-corrected chi connectivity index (χ0v) is 18.4. The second-order valence-corrected chi connectivity index (χ2v) is 8.86. The van der Waals surface area contributed by atoms with Crippen LogP contribution in [0.4, 0.5) is 0 Å². The summed E-state index contributed by atoms with van der Waals surface area (Å²) in [4.78, 5) is 18.0. The van der Waals surface area contributed by atoms with Crippen LogP contribution in [0.2, 0.25) is 0 Å². The van der Waals surface area contributed by atoms with E-state index in [9.17, 15) is 4.79 Å². The second kappa shape index (κ2) is 9.25. The molecule has 1 aliphatic carbocycles. The molecule has 0 unspecified atom stereocenters. The monoisotopic (exact) mass is 430 g/mol. The van der Waals surface area contributed by atoms with Crippen LogP contribution in [-0.4, -0.2) is 33.9 Å². The summed E-state index contributed by atoms with van der Waals surface area (Å²) in [5.41, 5.74) is 3.35. The van der Waals surface area contributed by atoms with E-state index in [2.05, 4.69) is 33.2 Å². The smallest absolute Gasteiger partial charge is 0.231 e. The minimum Gasteiger partial charge on any atom is -0.381 e. The highest BCUT2D eigenvalue weighted by Gasteiger charge is 2.41. The number of nitrogens with one attached hydrogen (secondary N) is 1. The average Bonchev–Trinajstić information content (AvgIpc) is 3.54. The summed E-state index contributed by atoms with van der Waals surface area (Å²) in [7, 11) is 0. The van der Waals surface area contributed by atoms with Gasteiger partial charge in [-0.15, -0.1) is 0 Å². The van der Waals surface area contributed by atoms with Crippen LogP contribution in [0.25, 0.3) is 11.4 Å². The molecule has 6 nitrogen and oxygen atoms in total. The third kappa shape index (κ3) is 4.07. The first kappa shape index (κ1) is 20.9. The van der Waals surface area contributed by atoms with Crippen LogP contribution >= 0.6 is 0 Å². The third-order valence-electron chi connectivity index (χ3n) is 6.92. The van der Waals surface area contributed by atoms with E-state index in [1.807, 2.05) is 42.6 Å². The zero-order chi connectivity index (χ0) is 21.8. The first-order valence-corrected chi connectivity index (χ1v) is 11.7. The molecule has 1 aliphatic heterocycles. The van der Waals surface area contributed by atoms with Gasteiger partial charge in [0, 0.05) is 19.4 Å². The number of amides is 1. The summed E-state index contributed by atoms with van der Waals surface area (Å²) in [6.07, 6.45) is 7.96. The van der Waals surface area contributed by atoms with Crippen molar-refractivity contribution < 1.29 is 9.53 Å². The van der Waals surface area contributed by atoms with Gasteiger partial charge in [0.15, 0.2) is 0 Å². The first-order valence-electron chi connectivity index (χ1n) is 11.7. The van der Waals surface area contributed by atoms with Gasteiger partial charge in [0.25, 0.3) is 0 Å². The van der Waals surface area contributed by atoms with Gasteiger partial charge in [-0.1, -0.05) is 49.2 Å². The lowest BCUT2D eigenvalue weighted by molar-refractivity contribution is -0.130. The number of nitrogens with zero attached hydrogens (tertiary/aromatic N) is 3. The van der Waals surface area contributed by atoms with Gasteiger partial charge >= 0.3 is 0 Å². The number of hydrogen-bond donors (Lipinski definition) is 1. The van der Waals surface area contributed by atoms with E-state index in [0.717, 1.165) is 35.5 Å². The molecular formula is C26H30N4O2. The van der Waals surface area contributed by atoms with Crippen molar-refractivity contribution >= 4 is 5.91 Å². The van der Waals surface area contributed by atoms with Crippen LogP contribution in [0.3, 0.4) is 0 Å². The standard InChI is InChI=1S/C26H30N4O2/c31-25(26(13-16-32-17-14-26)20-8-2-1-3-9-20)28-19-21-18-24(23-12-6-7-15-27-23)30(29-21)22-10-4-5-11-22/h1-3,6-9,12,15,18,22H,4-5,10-11,13-14,16-17,19H2,(H,28,31). The number of aromatic nitrogens is 3. The molecule has 3 heterocycles. The van der Waals surface area contributed by atoms with Gasteiger partial charge in [0.05, 0.1) is 35.1 Å². The molecule has 3 aromatic rings. The molecular weight excluding hydrogens is 400 g/mol. The summed E-state index contributed by atoms with van der Waals surface area (Å²) >= 11 is 0. The van der Waals surface area contributed by atoms with Crippen LogP contribution in [0.1, 0.15) is 55.8 Å². The molecule has 1 aromatic carbocycles. The Morgan fingerprint density at radius 2 is 1.81 bits per heavy atom. The molecule has 0 bridgehead atoms. The Bertz CT molecular complexity index is 1040. The van der Waals surface area contributed by atoms with E-state index >= 15 is 0 Å². The number of ether oxygens (including phenoxy) is 1. The summed E-state index contributed by atoms with van der Waals surface area (Å²) in [6.45, 7) is 1.61. The molecule has 2 aliphatic rings. The maximum Gasteiger partial charge on any atom is 0.231 e. The molecule has 2 fully saturated rings. The van der Waals surface area contributed by atoms with Crippen molar-refractivity contribution in [3.05, 3.63) is 72.1 Å². The van der Waals surface area contributed by atoms with E-state index in [-0.39, 0.29) is 5.91 Å². The van der Waals surface area contributed by atoms with Crippen molar-refractivity contribution in [1.29, 1.82) is 0 Å². The molecule has 1 amide bonds. The predicted molar refractivity (Wildman–Crippen MR) is 123 cm³/mol. The van der Waals surface area contributed by atoms with Crippen molar-refractivity contribution in [3.63, 3.8) is 0 Å². The van der Waals surface area contributed by atoms with Crippen molar-refractivity contribution in [2.24, 2.45) is 0 Å². The van der Waals surface area contributed by atoms with E-state index in [4.69, 9.17) is 9.84 Å². The lowest BCUT2D eigenvalue weighted by Crippen LogP contribution is -2.47. The molecule has 0 atom stereocenters. The topological polar surface area (TPSA) is 69.0 Å². The van der Waals surface area contributed by atoms with Crippen LogP contribution in [0.15, 0.2) is 60.8 Å². The molecule has 166 valence electrons. The van der Waals surface area contributed by atoms with Gasteiger partial charge in [-0.25, -0.2) is 0 Å². The maximum absolute atomic E-state index is 13.5. The lowest BCUT2D eigenvalue weighted by Gasteiger charge is -2.36. The molecule has 1 saturated heterocycles. The van der Waals surface area contributed by atoms with Crippen LogP contribution in [0, 0.1) is 0 Å². The predicted octanol–water partition coefficient (Wildman–Crippen LogP) is 4.42. The average molecular weight is 431 g/mol. The van der Waals surface area contributed by atoms with E-state index in [1.54, 1.807) is 0 Å². The lowest BCUT2D eigenvalue weighted by atomic mass is 9.73. The molecule has 5 rings (SSSR count). The number of rotatable bonds is 6. The summed E-state index contributed by atoms with van der Waals surface area (Å²) in [5.74, 6) is 0.0572. The molecule has 32 heavy (non-hydrogen) atoms. The highest BCUT2D eigenvalue weighted by Crippen LogP contribution is 2.36. The maximum atomic E-state index is 13.5. The van der Waals surface area contributed by atoms with E-state index < -0.39 is 5.41 Å². The summed E-state index contributed by atoms with van der Waals surface area (Å²) in [6, 6.07) is 18.5. The fraction of sp³-hybridized carbons (Fsp3) is 0.423. The molecule has 6 heteroatoms. The fourth-order valence-electron chi connectivity index (χ4n) is 5.13. The molecule has 0 spiro atoms. The quantitative estimate of drug-likeness (QED) is 0.628. The van der Waals surface area contributed by atoms with E-state index in [1.165, 1.54) is 12.8 Å². The molecule has 1 saturated carbocycles. The van der Waals surface area contributed by atoms with Crippen molar-refractivity contribution in [1.82, 2.24) is 20.1 Å². The Kier molecular flexibility index (Phi) is 6.04. The Balaban J connectivity index is 1.38. The number of hydrogen-bond acceptors (Lipinski definition) is 4. The summed E-state index contributed by atoms with van der Waals surface area (Å²) < 4.78 is 7.72. The third-order valence-corrected chi connectivity index (χ3v) is 6.92. The molecule has 0 radical (unpaired) electrons. The highest BCUT2D eigenvalue weighted by molar-refractivity contribution is 5.88. The molecule has 2 aromatic heterocycles. The SMILES string of the molecule is O=C(NCc1cc(-c2ccccn2)n(C2CCCC2)n1)C1(c2ccccc2)CCOCC1. The zero-order valence-electron chi connectivity index (χ0n) is 18.4.